The normalized spacial score (nSPS) is 10.6. The van der Waals surface area contributed by atoms with Gasteiger partial charge in [-0.25, -0.2) is 9.59 Å². The molecule has 5 nitrogen and oxygen atoms in total. The summed E-state index contributed by atoms with van der Waals surface area (Å²) in [6.45, 7) is 2.51. The quantitative estimate of drug-likeness (QED) is 0.596. The third-order valence-electron chi connectivity index (χ3n) is 3.57. The van der Waals surface area contributed by atoms with Crippen molar-refractivity contribution in [1.82, 2.24) is 4.90 Å². The molecule has 0 aliphatic rings. The number of anilines is 1. The summed E-state index contributed by atoms with van der Waals surface area (Å²) in [5.41, 5.74) is 2.38. The van der Waals surface area contributed by atoms with Gasteiger partial charge in [-0.05, 0) is 42.3 Å². The van der Waals surface area contributed by atoms with Crippen molar-refractivity contribution in [2.75, 3.05) is 19.0 Å². The van der Waals surface area contributed by atoms with E-state index in [-0.39, 0.29) is 12.0 Å². The zero-order valence-corrected chi connectivity index (χ0v) is 15.5. The zero-order valence-electron chi connectivity index (χ0n) is 14.7. The third kappa shape index (κ3) is 5.93. The number of nitrogens with one attached hydrogen (secondary N) is 1. The summed E-state index contributed by atoms with van der Waals surface area (Å²) in [5.74, 6) is -0.383. The number of hydrogen-bond donors (Lipinski definition) is 1. The Hall–Kier alpha value is -2.79. The second kappa shape index (κ2) is 9.63. The molecule has 136 valence electrons. The highest BCUT2D eigenvalue weighted by Crippen LogP contribution is 2.17. The molecular weight excluding hydrogens is 352 g/mol. The molecule has 0 heterocycles. The molecule has 0 aliphatic heterocycles. The van der Waals surface area contributed by atoms with Crippen LogP contribution in [0.2, 0.25) is 5.02 Å². The predicted octanol–water partition coefficient (Wildman–Crippen LogP) is 4.58. The van der Waals surface area contributed by atoms with E-state index in [4.69, 9.17) is 16.3 Å². The molecule has 0 bridgehead atoms. The molecule has 0 saturated carbocycles. The van der Waals surface area contributed by atoms with Crippen LogP contribution in [0.5, 0.6) is 0 Å². The number of halogens is 1. The molecule has 0 radical (unpaired) electrons. The third-order valence-corrected chi connectivity index (χ3v) is 3.94. The average molecular weight is 373 g/mol. The van der Waals surface area contributed by atoms with Crippen LogP contribution >= 0.6 is 11.6 Å². The summed E-state index contributed by atoms with van der Waals surface area (Å²) in [5, 5.41) is 3.45. The molecule has 6 heteroatoms. The fourth-order valence-corrected chi connectivity index (χ4v) is 2.40. The van der Waals surface area contributed by atoms with Crippen molar-refractivity contribution >= 4 is 35.4 Å². The number of amides is 2. The second-order valence-electron chi connectivity index (χ2n) is 5.59. The van der Waals surface area contributed by atoms with E-state index in [1.54, 1.807) is 55.3 Å². The van der Waals surface area contributed by atoms with Gasteiger partial charge in [0.2, 0.25) is 0 Å². The predicted molar refractivity (Wildman–Crippen MR) is 104 cm³/mol. The first kappa shape index (κ1) is 19.5. The van der Waals surface area contributed by atoms with Crippen molar-refractivity contribution < 1.29 is 14.3 Å². The van der Waals surface area contributed by atoms with Gasteiger partial charge in [-0.2, -0.15) is 0 Å². The van der Waals surface area contributed by atoms with Gasteiger partial charge in [0.05, 0.1) is 6.61 Å². The van der Waals surface area contributed by atoms with Crippen LogP contribution in [0.1, 0.15) is 18.1 Å². The summed E-state index contributed by atoms with van der Waals surface area (Å²) in [6, 6.07) is 14.3. The molecule has 0 atom stereocenters. The molecule has 0 unspecified atom stereocenters. The highest BCUT2D eigenvalue weighted by molar-refractivity contribution is 6.31. The van der Waals surface area contributed by atoms with E-state index >= 15 is 0 Å². The minimum Gasteiger partial charge on any atom is -0.463 e. The number of rotatable bonds is 6. The van der Waals surface area contributed by atoms with E-state index < -0.39 is 0 Å². The van der Waals surface area contributed by atoms with Gasteiger partial charge in [-0.15, -0.1) is 0 Å². The first-order valence-electron chi connectivity index (χ1n) is 8.20. The SMILES string of the molecule is CCOC(=O)/C=C/c1ccc(NC(=O)N(C)Cc2ccccc2Cl)cc1. The molecule has 2 amide bonds. The van der Waals surface area contributed by atoms with Crippen LogP contribution in [-0.4, -0.2) is 30.6 Å². The van der Waals surface area contributed by atoms with E-state index in [0.29, 0.717) is 23.9 Å². The summed E-state index contributed by atoms with van der Waals surface area (Å²) >= 11 is 6.12. The lowest BCUT2D eigenvalue weighted by Gasteiger charge is -2.18. The molecular formula is C20H21ClN2O3. The number of esters is 1. The number of urea groups is 1. The Labute approximate surface area is 158 Å². The fourth-order valence-electron chi connectivity index (χ4n) is 2.21. The van der Waals surface area contributed by atoms with Crippen molar-refractivity contribution in [2.45, 2.75) is 13.5 Å². The van der Waals surface area contributed by atoms with Crippen LogP contribution < -0.4 is 5.32 Å². The molecule has 0 saturated heterocycles. The molecule has 26 heavy (non-hydrogen) atoms. The number of hydrogen-bond acceptors (Lipinski definition) is 3. The van der Waals surface area contributed by atoms with Crippen LogP contribution in [0, 0.1) is 0 Å². The molecule has 0 spiro atoms. The molecule has 2 rings (SSSR count). The molecule has 2 aromatic rings. The van der Waals surface area contributed by atoms with Gasteiger partial charge in [0.1, 0.15) is 0 Å². The van der Waals surface area contributed by atoms with Gasteiger partial charge < -0.3 is 15.0 Å². The zero-order chi connectivity index (χ0) is 18.9. The summed E-state index contributed by atoms with van der Waals surface area (Å²) < 4.78 is 4.83. The van der Waals surface area contributed by atoms with Crippen LogP contribution in [-0.2, 0) is 16.1 Å². The monoisotopic (exact) mass is 372 g/mol. The number of benzene rings is 2. The standard InChI is InChI=1S/C20H21ClN2O3/c1-3-26-19(24)13-10-15-8-11-17(12-9-15)22-20(25)23(2)14-16-6-4-5-7-18(16)21/h4-13H,3,14H2,1-2H3,(H,22,25)/b13-10+. The minimum absolute atomic E-state index is 0.236. The highest BCUT2D eigenvalue weighted by atomic mass is 35.5. The lowest BCUT2D eigenvalue weighted by Crippen LogP contribution is -2.30. The van der Waals surface area contributed by atoms with Gasteiger partial charge in [-0.3, -0.25) is 0 Å². The Balaban J connectivity index is 1.92. The lowest BCUT2D eigenvalue weighted by molar-refractivity contribution is -0.137. The number of ether oxygens (including phenoxy) is 1. The van der Waals surface area contributed by atoms with Crippen LogP contribution in [0.4, 0.5) is 10.5 Å². The van der Waals surface area contributed by atoms with Gasteiger partial charge in [0, 0.05) is 30.4 Å². The van der Waals surface area contributed by atoms with E-state index in [1.165, 1.54) is 6.08 Å². The van der Waals surface area contributed by atoms with Gasteiger partial charge in [0.25, 0.3) is 0 Å². The van der Waals surface area contributed by atoms with E-state index in [1.807, 2.05) is 18.2 Å². The van der Waals surface area contributed by atoms with E-state index in [2.05, 4.69) is 5.32 Å². The molecule has 1 N–H and O–H groups in total. The maximum Gasteiger partial charge on any atom is 0.330 e. The maximum absolute atomic E-state index is 12.3. The smallest absolute Gasteiger partial charge is 0.330 e. The molecule has 0 aromatic heterocycles. The number of nitrogens with zero attached hydrogens (tertiary/aromatic N) is 1. The Bertz CT molecular complexity index is 788. The number of carbonyl (C=O) groups excluding carboxylic acids is 2. The Morgan fingerprint density at radius 3 is 2.50 bits per heavy atom. The Morgan fingerprint density at radius 1 is 1.15 bits per heavy atom. The van der Waals surface area contributed by atoms with Gasteiger partial charge in [-0.1, -0.05) is 41.9 Å². The van der Waals surface area contributed by atoms with Crippen molar-refractivity contribution in [3.8, 4) is 0 Å². The summed E-state index contributed by atoms with van der Waals surface area (Å²) in [4.78, 5) is 25.1. The second-order valence-corrected chi connectivity index (χ2v) is 5.99. The molecule has 0 fully saturated rings. The van der Waals surface area contributed by atoms with Crippen LogP contribution in [0.15, 0.2) is 54.6 Å². The van der Waals surface area contributed by atoms with Crippen LogP contribution in [0.25, 0.3) is 6.08 Å². The van der Waals surface area contributed by atoms with Crippen molar-refractivity contribution in [3.05, 3.63) is 70.8 Å². The van der Waals surface area contributed by atoms with E-state index in [0.717, 1.165) is 11.1 Å². The number of carbonyl (C=O) groups is 2. The lowest BCUT2D eigenvalue weighted by atomic mass is 10.2. The molecule has 0 aliphatic carbocycles. The van der Waals surface area contributed by atoms with Crippen molar-refractivity contribution in [1.29, 1.82) is 0 Å². The summed E-state index contributed by atoms with van der Waals surface area (Å²) in [7, 11) is 1.70. The van der Waals surface area contributed by atoms with Gasteiger partial charge >= 0.3 is 12.0 Å². The topological polar surface area (TPSA) is 58.6 Å². The van der Waals surface area contributed by atoms with Crippen LogP contribution in [0.3, 0.4) is 0 Å². The van der Waals surface area contributed by atoms with E-state index in [9.17, 15) is 9.59 Å². The maximum atomic E-state index is 12.3. The van der Waals surface area contributed by atoms with Crippen molar-refractivity contribution in [2.24, 2.45) is 0 Å². The summed E-state index contributed by atoms with van der Waals surface area (Å²) in [6.07, 6.45) is 3.03. The Kier molecular flexibility index (Phi) is 7.24. The van der Waals surface area contributed by atoms with Gasteiger partial charge in [0.15, 0.2) is 0 Å². The fraction of sp³-hybridized carbons (Fsp3) is 0.200. The average Bonchev–Trinajstić information content (AvgIpc) is 2.63. The molecule has 2 aromatic carbocycles. The minimum atomic E-state index is -0.383. The first-order valence-corrected chi connectivity index (χ1v) is 8.58. The van der Waals surface area contributed by atoms with Crippen molar-refractivity contribution in [3.63, 3.8) is 0 Å². The largest absolute Gasteiger partial charge is 0.463 e. The Morgan fingerprint density at radius 2 is 1.85 bits per heavy atom. The first-order chi connectivity index (χ1) is 12.5. The highest BCUT2D eigenvalue weighted by Gasteiger charge is 2.11.